The highest BCUT2D eigenvalue weighted by Crippen LogP contribution is 2.20. The highest BCUT2D eigenvalue weighted by atomic mass is 16.4. The Kier molecular flexibility index (Phi) is 28.6. The summed E-state index contributed by atoms with van der Waals surface area (Å²) in [5.41, 5.74) is 39.0. The Morgan fingerprint density at radius 1 is 0.822 bits per heavy atom. The molecule has 2 heterocycles. The smallest absolute Gasteiger partial charge is 0.352 e. The molecule has 1 aliphatic heterocycles. The molecule has 1 aromatic heterocycles. The molecule has 7 atom stereocenters. The number of carboxylic acid groups (broad SMARTS) is 1. The molecule has 0 radical (unpaired) electrons. The van der Waals surface area contributed by atoms with E-state index in [4.69, 9.17) is 45.5 Å². The van der Waals surface area contributed by atoms with Crippen molar-refractivity contribution in [2.24, 2.45) is 45.1 Å². The Hall–Kier alpha value is -6.96. The largest absolute Gasteiger partial charge is 0.477 e. The summed E-state index contributed by atoms with van der Waals surface area (Å²) in [5.74, 6) is -8.80. The standard InChI is InChI=1S/C43H75N19O11/c44-13-3-1-8-25(49)35(65)61-34(32(63)20-48)40(70)60-30(19-47)36(66)54-22-33(64)56-27(10-5-15-46)41(71)62-17-7-12-31(62)39(69)59-29(18-24-21-52-23-55-24)38(68)57-26(9-2-4-14-45)37(67)58-28(42(72)73)11-6-16-53-43(50)51/h11,21,23,25-26,29-32,34,63H,1-10,12-20,22,44-49H2,(H,52,55)(H,54,66)(H,57,68)(H,58,67)(H,59,69)(H,60,70)(H,61,65)(H,72,73)(H4,50,51,53)/b28-11-,56-27+/t25-,26-,29-,30-,31-,32-,34-/m0/s1. The molecule has 0 aromatic carbocycles. The van der Waals surface area contributed by atoms with Crippen LogP contribution < -0.4 is 77.4 Å². The van der Waals surface area contributed by atoms with Crippen LogP contribution in [-0.2, 0) is 49.6 Å². The summed E-state index contributed by atoms with van der Waals surface area (Å²) in [7, 11) is 0. The molecule has 1 saturated heterocycles. The number of carbonyl (C=O) groups excluding carboxylic acids is 8. The number of hydrogen-bond donors (Lipinski definition) is 18. The number of nitrogens with zero attached hydrogens (tertiary/aromatic N) is 3. The number of imidazole rings is 1. The number of carboxylic acids is 1. The number of aliphatic carboxylic acids is 1. The quantitative estimate of drug-likeness (QED) is 0.0132. The van der Waals surface area contributed by atoms with Gasteiger partial charge in [0.25, 0.3) is 11.8 Å². The van der Waals surface area contributed by atoms with Crippen molar-refractivity contribution in [3.8, 4) is 0 Å². The molecule has 73 heavy (non-hydrogen) atoms. The van der Waals surface area contributed by atoms with Gasteiger partial charge in [0.2, 0.25) is 35.4 Å². The van der Waals surface area contributed by atoms with Gasteiger partial charge in [-0.05, 0) is 83.8 Å². The number of aromatic nitrogens is 2. The Morgan fingerprint density at radius 2 is 1.49 bits per heavy atom. The average Bonchev–Trinajstić information content (AvgIpc) is 4.08. The normalized spacial score (nSPS) is 16.2. The van der Waals surface area contributed by atoms with Crippen LogP contribution in [-0.4, -0.2) is 185 Å². The zero-order valence-electron chi connectivity index (χ0n) is 40.9. The number of amides is 8. The van der Waals surface area contributed by atoms with Crippen LogP contribution in [0.3, 0.4) is 0 Å². The van der Waals surface area contributed by atoms with Crippen molar-refractivity contribution in [1.82, 2.24) is 52.1 Å². The van der Waals surface area contributed by atoms with Crippen molar-refractivity contribution < 1.29 is 53.4 Å². The molecule has 30 heteroatoms. The van der Waals surface area contributed by atoms with Gasteiger partial charge in [-0.15, -0.1) is 0 Å². The average molecular weight is 1030 g/mol. The molecule has 0 aliphatic carbocycles. The molecule has 408 valence electrons. The topological polar surface area (TPSA) is 529 Å². The van der Waals surface area contributed by atoms with Crippen molar-refractivity contribution >= 4 is 64.9 Å². The summed E-state index contributed by atoms with van der Waals surface area (Å²) in [5, 5.41) is 44.5. The van der Waals surface area contributed by atoms with Crippen molar-refractivity contribution in [3.63, 3.8) is 0 Å². The number of likely N-dealkylation sites (tertiary alicyclic amines) is 1. The highest BCUT2D eigenvalue weighted by Gasteiger charge is 2.39. The van der Waals surface area contributed by atoms with Crippen LogP contribution >= 0.6 is 0 Å². The van der Waals surface area contributed by atoms with Crippen LogP contribution in [0.25, 0.3) is 0 Å². The molecule has 0 saturated carbocycles. The van der Waals surface area contributed by atoms with Crippen molar-refractivity contribution in [3.05, 3.63) is 30.0 Å². The van der Waals surface area contributed by atoms with E-state index in [9.17, 15) is 53.4 Å². The van der Waals surface area contributed by atoms with E-state index in [1.807, 2.05) is 0 Å². The summed E-state index contributed by atoms with van der Waals surface area (Å²) in [6.45, 7) is -0.838. The maximum absolute atomic E-state index is 14.1. The van der Waals surface area contributed by atoms with Crippen molar-refractivity contribution in [2.45, 2.75) is 119 Å². The molecule has 8 amide bonds. The van der Waals surface area contributed by atoms with Crippen molar-refractivity contribution in [2.75, 3.05) is 52.4 Å². The number of aliphatic hydroxyl groups excluding tert-OH is 1. The summed E-state index contributed by atoms with van der Waals surface area (Å²) < 4.78 is 0. The lowest BCUT2D eigenvalue weighted by atomic mass is 10.1. The van der Waals surface area contributed by atoms with Gasteiger partial charge in [0, 0.05) is 44.5 Å². The fraction of sp³-hybridized carbons (Fsp3) is 0.628. The molecule has 1 aliphatic rings. The minimum atomic E-state index is -1.63. The minimum Gasteiger partial charge on any atom is -0.477 e. The zero-order chi connectivity index (χ0) is 54.5. The summed E-state index contributed by atoms with van der Waals surface area (Å²) in [6, 6.07) is -7.97. The van der Waals surface area contributed by atoms with Gasteiger partial charge in [-0.3, -0.25) is 43.8 Å². The number of aliphatic hydroxyl groups is 1. The van der Waals surface area contributed by atoms with Gasteiger partial charge in [-0.2, -0.15) is 0 Å². The van der Waals surface area contributed by atoms with E-state index in [-0.39, 0.29) is 82.8 Å². The van der Waals surface area contributed by atoms with Crippen LogP contribution in [0.15, 0.2) is 29.3 Å². The third-order valence-corrected chi connectivity index (χ3v) is 11.2. The van der Waals surface area contributed by atoms with E-state index in [0.29, 0.717) is 44.3 Å². The van der Waals surface area contributed by atoms with Crippen LogP contribution in [0.4, 0.5) is 0 Å². The first kappa shape index (κ1) is 62.2. The van der Waals surface area contributed by atoms with E-state index in [0.717, 1.165) is 0 Å². The van der Waals surface area contributed by atoms with Gasteiger partial charge < -0.3 is 97.5 Å². The number of aliphatic imine (C=N–C) groups is 1. The lowest BCUT2D eigenvalue weighted by Crippen LogP contribution is -2.61. The molecule has 1 fully saturated rings. The van der Waals surface area contributed by atoms with Gasteiger partial charge in [0.05, 0.1) is 25.0 Å². The van der Waals surface area contributed by atoms with E-state index < -0.39 is 121 Å². The number of H-pyrrole nitrogens is 1. The fourth-order valence-electron chi connectivity index (χ4n) is 7.23. The highest BCUT2D eigenvalue weighted by molar-refractivity contribution is 6.40. The monoisotopic (exact) mass is 1030 g/mol. The maximum Gasteiger partial charge on any atom is 0.352 e. The molecule has 0 bridgehead atoms. The van der Waals surface area contributed by atoms with Crippen molar-refractivity contribution in [1.29, 1.82) is 5.41 Å². The van der Waals surface area contributed by atoms with E-state index >= 15 is 0 Å². The second-order valence-corrected chi connectivity index (χ2v) is 16.9. The Morgan fingerprint density at radius 3 is 2.10 bits per heavy atom. The number of rotatable bonds is 34. The number of carbonyl (C=O) groups is 9. The zero-order valence-corrected chi connectivity index (χ0v) is 40.9. The minimum absolute atomic E-state index is 0.0367. The number of guanidine groups is 1. The van der Waals surface area contributed by atoms with Crippen LogP contribution in [0, 0.1) is 5.41 Å². The third kappa shape index (κ3) is 22.1. The molecule has 2 rings (SSSR count). The van der Waals surface area contributed by atoms with Gasteiger partial charge in [-0.25, -0.2) is 14.8 Å². The number of hydrogen-bond acceptors (Lipinski definition) is 18. The predicted octanol–water partition coefficient (Wildman–Crippen LogP) is -7.47. The van der Waals surface area contributed by atoms with E-state index in [2.05, 4.69) is 52.2 Å². The number of unbranched alkanes of at least 4 members (excludes halogenated alkanes) is 2. The molecule has 0 unspecified atom stereocenters. The lowest BCUT2D eigenvalue weighted by Gasteiger charge is -2.27. The van der Waals surface area contributed by atoms with Crippen LogP contribution in [0.2, 0.25) is 0 Å². The molecule has 1 aromatic rings. The predicted molar refractivity (Wildman–Crippen MR) is 265 cm³/mol. The Labute approximate surface area is 421 Å². The summed E-state index contributed by atoms with van der Waals surface area (Å²) in [4.78, 5) is 132. The summed E-state index contributed by atoms with van der Waals surface area (Å²) in [6.07, 6.45) is 5.09. The van der Waals surface area contributed by atoms with Gasteiger partial charge in [0.1, 0.15) is 41.6 Å². The second-order valence-electron chi connectivity index (χ2n) is 16.9. The molecular formula is C43H75N19O11. The Balaban J connectivity index is 2.27. The first-order valence-corrected chi connectivity index (χ1v) is 24.0. The number of nitrogens with one attached hydrogen (secondary N) is 9. The van der Waals surface area contributed by atoms with E-state index in [1.165, 1.54) is 23.5 Å². The maximum atomic E-state index is 14.1. The second kappa shape index (κ2) is 33.6. The first-order valence-electron chi connectivity index (χ1n) is 24.0. The SMILES string of the molecule is N=C(N)NCC/C=C(\NC(=O)[C@H](CCCCN)NC(=O)[C@H](Cc1cnc[nH]1)NC(=O)[C@@H]1CCCN1C(=O)/C(CCCN)=N/C(=O)CNC(=O)[C@H](CN)NC(=O)[C@@H](NC(=O)[C@@H](N)CCCCN)[C@@H](O)CN)C(=O)O. The van der Waals surface area contributed by atoms with Gasteiger partial charge in [0.15, 0.2) is 5.96 Å². The molecule has 25 N–H and O–H groups in total. The number of nitrogens with two attached hydrogens (primary N) is 7. The third-order valence-electron chi connectivity index (χ3n) is 11.2. The molecule has 30 nitrogen and oxygen atoms in total. The van der Waals surface area contributed by atoms with Crippen LogP contribution in [0.1, 0.15) is 76.3 Å². The molecule has 0 spiro atoms. The van der Waals surface area contributed by atoms with Gasteiger partial charge >= 0.3 is 5.97 Å². The fourth-order valence-corrected chi connectivity index (χ4v) is 7.23. The summed E-state index contributed by atoms with van der Waals surface area (Å²) >= 11 is 0. The molecular weight excluding hydrogens is 959 g/mol. The lowest BCUT2D eigenvalue weighted by molar-refractivity contribution is -0.137. The first-order chi connectivity index (χ1) is 34.8. The van der Waals surface area contributed by atoms with Crippen LogP contribution in [0.5, 0.6) is 0 Å². The Bertz CT molecular complexity index is 2070. The van der Waals surface area contributed by atoms with Gasteiger partial charge in [-0.1, -0.05) is 12.5 Å². The number of aromatic amines is 1. The van der Waals surface area contributed by atoms with E-state index in [1.54, 1.807) is 0 Å².